The van der Waals surface area contributed by atoms with Crippen LogP contribution in [-0.2, 0) is 19.1 Å². The van der Waals surface area contributed by atoms with Gasteiger partial charge in [-0.25, -0.2) is 14.6 Å². The number of alkyl carbamates (subject to hydrolysis) is 2. The fourth-order valence-corrected chi connectivity index (χ4v) is 8.28. The molecule has 2 saturated heterocycles. The first-order valence-electron chi connectivity index (χ1n) is 18.2. The maximum Gasteiger partial charge on any atom is 0.407 e. The molecule has 15 nitrogen and oxygen atoms in total. The number of nitrogens with one attached hydrogen (secondary N) is 5. The van der Waals surface area contributed by atoms with Crippen molar-refractivity contribution < 1.29 is 28.7 Å². The molecule has 2 aliphatic carbocycles. The largest absolute Gasteiger partial charge is 0.453 e. The first-order valence-corrected chi connectivity index (χ1v) is 18.2. The van der Waals surface area contributed by atoms with Gasteiger partial charge in [-0.15, -0.1) is 0 Å². The van der Waals surface area contributed by atoms with Crippen LogP contribution < -0.4 is 27.0 Å². The van der Waals surface area contributed by atoms with Crippen molar-refractivity contribution in [3.05, 3.63) is 42.5 Å². The molecule has 1 aromatic heterocycles. The van der Waals surface area contributed by atoms with Crippen LogP contribution in [-0.4, -0.2) is 88.7 Å². The summed E-state index contributed by atoms with van der Waals surface area (Å²) in [5.74, 6) is 0.998. The number of rotatable bonds is 12. The Balaban J connectivity index is 1.16. The topological polar surface area (TPSA) is 196 Å². The van der Waals surface area contributed by atoms with Gasteiger partial charge in [0.1, 0.15) is 23.7 Å². The lowest BCUT2D eigenvalue weighted by atomic mass is 9.94. The van der Waals surface area contributed by atoms with E-state index < -0.39 is 24.3 Å². The van der Waals surface area contributed by atoms with Gasteiger partial charge in [0.2, 0.25) is 11.8 Å². The van der Waals surface area contributed by atoms with E-state index in [-0.39, 0.29) is 53.1 Å². The first-order chi connectivity index (χ1) is 24.7. The molecule has 2 bridgehead atoms. The Labute approximate surface area is 304 Å². The fraction of sp³-hybridized carbons (Fsp3) is 0.595. The normalized spacial score (nSPS) is 23.8. The minimum absolute atomic E-state index is 0.0721. The second kappa shape index (κ2) is 14.6. The van der Waals surface area contributed by atoms with Crippen molar-refractivity contribution in [2.45, 2.75) is 96.4 Å². The van der Waals surface area contributed by atoms with E-state index in [0.717, 1.165) is 44.2 Å². The molecule has 282 valence electrons. The summed E-state index contributed by atoms with van der Waals surface area (Å²) in [5, 5.41) is 12.2. The number of hydrogen-bond donors (Lipinski definition) is 6. The molecule has 6 rings (SSSR count). The Hall–Kier alpha value is -4.95. The van der Waals surface area contributed by atoms with Crippen LogP contribution >= 0.6 is 0 Å². The number of piperidine rings is 1. The molecule has 4 aliphatic rings. The predicted octanol–water partition coefficient (Wildman–Crippen LogP) is 4.86. The van der Waals surface area contributed by atoms with Gasteiger partial charge < -0.3 is 51.3 Å². The molecule has 1 unspecified atom stereocenters. The van der Waals surface area contributed by atoms with Crippen molar-refractivity contribution in [3.8, 4) is 0 Å². The van der Waals surface area contributed by atoms with E-state index >= 15 is 0 Å². The fourth-order valence-electron chi connectivity index (χ4n) is 8.28. The van der Waals surface area contributed by atoms with Gasteiger partial charge in [0.25, 0.3) is 0 Å². The molecule has 2 saturated carbocycles. The van der Waals surface area contributed by atoms with Gasteiger partial charge in [-0.1, -0.05) is 34.3 Å². The number of benzene rings is 1. The van der Waals surface area contributed by atoms with Crippen molar-refractivity contribution in [2.24, 2.45) is 23.2 Å². The number of H-pyrrole nitrogens is 1. The molecule has 52 heavy (non-hydrogen) atoms. The number of ether oxygens (including phenoxy) is 2. The Morgan fingerprint density at radius 1 is 1.00 bits per heavy atom. The number of likely N-dealkylation sites (tertiary alicyclic amines) is 2. The summed E-state index contributed by atoms with van der Waals surface area (Å²) in [6, 6.07) is 3.64. The number of aromatic amines is 1. The van der Waals surface area contributed by atoms with Gasteiger partial charge in [-0.05, 0) is 79.9 Å². The number of imidazole rings is 1. The lowest BCUT2D eigenvalue weighted by molar-refractivity contribution is -0.138. The summed E-state index contributed by atoms with van der Waals surface area (Å²) in [6.07, 6.45) is 6.11. The summed E-state index contributed by atoms with van der Waals surface area (Å²) < 4.78 is 9.59. The molecular formula is C37H53N9O6. The van der Waals surface area contributed by atoms with E-state index in [1.165, 1.54) is 14.2 Å². The molecule has 3 heterocycles. The molecule has 0 radical (unpaired) electrons. The molecule has 15 heteroatoms. The third kappa shape index (κ3) is 7.35. The van der Waals surface area contributed by atoms with Crippen LogP contribution in [0.4, 0.5) is 32.5 Å². The van der Waals surface area contributed by atoms with Crippen LogP contribution in [0.2, 0.25) is 0 Å². The van der Waals surface area contributed by atoms with E-state index in [9.17, 15) is 19.2 Å². The number of aromatic nitrogens is 2. The standard InChI is InChI=1S/C37H53N9O6/c1-19(2)29(43-35(49)51-6)33(47)45-18-37(12-13-37)16-27(45)32-39-17-28(42-32)41-23-9-11-25(38)26(15-23)40-21(5)31-22-8-10-24(14-22)46(31)34(48)30(20(3)4)44-36(50)52-7/h9,11,15,17,19-20,22,24,27,29-31,40-41H,5,8,10,12-14,16,18,38H2,1-4,6-7H3,(H,39,42)(H,43,49)(H,44,50)/t22-,24?,27-,29-,30-,31+/m0/s1. The molecular weight excluding hydrogens is 666 g/mol. The minimum atomic E-state index is -0.726. The zero-order valence-corrected chi connectivity index (χ0v) is 31.0. The molecule has 1 aromatic carbocycles. The van der Waals surface area contributed by atoms with E-state index in [0.29, 0.717) is 35.3 Å². The number of fused-ring (bicyclic) bond motifs is 2. The number of amides is 4. The summed E-state index contributed by atoms with van der Waals surface area (Å²) in [4.78, 5) is 63.8. The Morgan fingerprint density at radius 3 is 2.27 bits per heavy atom. The van der Waals surface area contributed by atoms with Gasteiger partial charge in [0.15, 0.2) is 0 Å². The highest BCUT2D eigenvalue weighted by atomic mass is 16.5. The number of methoxy groups -OCH3 is 2. The second-order valence-corrected chi connectivity index (χ2v) is 15.6. The highest BCUT2D eigenvalue weighted by molar-refractivity contribution is 5.88. The van der Waals surface area contributed by atoms with Gasteiger partial charge in [0, 0.05) is 24.0 Å². The predicted molar refractivity (Wildman–Crippen MR) is 196 cm³/mol. The third-order valence-electron chi connectivity index (χ3n) is 11.3. The summed E-state index contributed by atoms with van der Waals surface area (Å²) in [7, 11) is 2.57. The lowest BCUT2D eigenvalue weighted by Gasteiger charge is -2.39. The zero-order chi connectivity index (χ0) is 37.5. The average Bonchev–Trinajstić information content (AvgIpc) is 3.53. The molecule has 2 aromatic rings. The second-order valence-electron chi connectivity index (χ2n) is 15.6. The van der Waals surface area contributed by atoms with Crippen molar-refractivity contribution >= 4 is 46.9 Å². The maximum absolute atomic E-state index is 13.9. The lowest BCUT2D eigenvalue weighted by Crippen LogP contribution is -2.56. The highest BCUT2D eigenvalue weighted by Gasteiger charge is 2.55. The summed E-state index contributed by atoms with van der Waals surface area (Å²) >= 11 is 0. The van der Waals surface area contributed by atoms with Crippen molar-refractivity contribution in [1.29, 1.82) is 0 Å². The summed E-state index contributed by atoms with van der Waals surface area (Å²) in [6.45, 7) is 12.6. The molecule has 4 fully saturated rings. The first kappa shape index (κ1) is 36.8. The van der Waals surface area contributed by atoms with Gasteiger partial charge in [0.05, 0.1) is 43.9 Å². The molecule has 2 aliphatic heterocycles. The van der Waals surface area contributed by atoms with Crippen molar-refractivity contribution in [2.75, 3.05) is 37.1 Å². The van der Waals surface area contributed by atoms with Gasteiger partial charge >= 0.3 is 12.2 Å². The maximum atomic E-state index is 13.9. The Kier molecular flexibility index (Phi) is 10.3. The SMILES string of the molecule is C=C(Nc1cc(Nc2cnc([C@@H]3CC4(CC4)CN3C(=O)[C@@H](NC(=O)OC)C(C)C)[nH]2)ccc1N)[C@@H]1[C@H]2CCC(C2)N1C(=O)[C@@H](NC(=O)OC)C(C)C. The van der Waals surface area contributed by atoms with E-state index in [1.807, 2.05) is 49.6 Å². The van der Waals surface area contributed by atoms with Crippen LogP contribution in [0, 0.1) is 23.2 Å². The number of hydrogen-bond acceptors (Lipinski definition) is 10. The van der Waals surface area contributed by atoms with Gasteiger partial charge in [-0.2, -0.15) is 0 Å². The minimum Gasteiger partial charge on any atom is -0.453 e. The number of nitrogens with two attached hydrogens (primary N) is 1. The third-order valence-corrected chi connectivity index (χ3v) is 11.3. The van der Waals surface area contributed by atoms with E-state index in [1.54, 1.807) is 12.3 Å². The number of anilines is 4. The van der Waals surface area contributed by atoms with Crippen molar-refractivity contribution in [1.82, 2.24) is 30.4 Å². The molecule has 6 atom stereocenters. The van der Waals surface area contributed by atoms with E-state index in [4.69, 9.17) is 15.2 Å². The highest BCUT2D eigenvalue weighted by Crippen LogP contribution is 2.58. The molecule has 4 amide bonds. The molecule has 1 spiro atoms. The molecule has 7 N–H and O–H groups in total. The number of carbonyl (C=O) groups is 4. The quantitative estimate of drug-likeness (QED) is 0.165. The van der Waals surface area contributed by atoms with Crippen LogP contribution in [0.3, 0.4) is 0 Å². The van der Waals surface area contributed by atoms with Crippen LogP contribution in [0.5, 0.6) is 0 Å². The Morgan fingerprint density at radius 2 is 1.65 bits per heavy atom. The monoisotopic (exact) mass is 719 g/mol. The van der Waals surface area contributed by atoms with Crippen LogP contribution in [0.25, 0.3) is 0 Å². The smallest absolute Gasteiger partial charge is 0.407 e. The van der Waals surface area contributed by atoms with Crippen molar-refractivity contribution in [3.63, 3.8) is 0 Å². The Bertz CT molecular complexity index is 1700. The van der Waals surface area contributed by atoms with E-state index in [2.05, 4.69) is 37.8 Å². The number of nitrogens with zero attached hydrogens (tertiary/aromatic N) is 3. The number of nitrogen functional groups attached to an aromatic ring is 1. The number of carbonyl (C=O) groups excluding carboxylic acids is 4. The van der Waals surface area contributed by atoms with Gasteiger partial charge in [-0.3, -0.25) is 9.59 Å². The van der Waals surface area contributed by atoms with Crippen LogP contribution in [0.1, 0.15) is 78.1 Å². The zero-order valence-electron chi connectivity index (χ0n) is 31.0. The average molecular weight is 720 g/mol. The van der Waals surface area contributed by atoms with Crippen LogP contribution in [0.15, 0.2) is 36.7 Å². The summed E-state index contributed by atoms with van der Waals surface area (Å²) in [5.41, 5.74) is 9.08.